The zero-order chi connectivity index (χ0) is 22.9. The van der Waals surface area contributed by atoms with Crippen molar-refractivity contribution in [3.05, 3.63) is 63.6 Å². The number of methoxy groups -OCH3 is 1. The first-order chi connectivity index (χ1) is 15.2. The van der Waals surface area contributed by atoms with E-state index in [0.29, 0.717) is 0 Å². The predicted molar refractivity (Wildman–Crippen MR) is 113 cm³/mol. The maximum Gasteiger partial charge on any atom is 0.330 e. The summed E-state index contributed by atoms with van der Waals surface area (Å²) in [5, 5.41) is 8.09. The van der Waals surface area contributed by atoms with E-state index >= 15 is 0 Å². The number of H-pyrrole nitrogens is 1. The standard InChI is InChI=1S/C19H22N5O7P/c1-29-11-16-15(31-32(2,27)28)8-17(30-16)23-9-13(18(25)20-19(23)26)14-10-24(22-21-14)12-6-4-3-5-7-12/h3-7,9-10,15-17H,8,11H2,1-2H3,(H,27,28)(H,20,25,26). The fourth-order valence-electron chi connectivity index (χ4n) is 3.52. The minimum atomic E-state index is -3.80. The van der Waals surface area contributed by atoms with Crippen LogP contribution >= 0.6 is 7.60 Å². The lowest BCUT2D eigenvalue weighted by Gasteiger charge is -2.19. The van der Waals surface area contributed by atoms with E-state index in [4.69, 9.17) is 14.0 Å². The molecule has 0 spiro atoms. The van der Waals surface area contributed by atoms with Crippen LogP contribution in [-0.2, 0) is 18.6 Å². The van der Waals surface area contributed by atoms with Crippen LogP contribution in [-0.4, -0.2) is 62.0 Å². The number of para-hydroxylation sites is 1. The van der Waals surface area contributed by atoms with Gasteiger partial charge < -0.3 is 18.9 Å². The first-order valence-electron chi connectivity index (χ1n) is 9.72. The third kappa shape index (κ3) is 4.79. The summed E-state index contributed by atoms with van der Waals surface area (Å²) >= 11 is 0. The van der Waals surface area contributed by atoms with Gasteiger partial charge in [-0.15, -0.1) is 5.10 Å². The Morgan fingerprint density at radius 1 is 1.28 bits per heavy atom. The Bertz CT molecular complexity index is 1250. The van der Waals surface area contributed by atoms with Gasteiger partial charge in [-0.25, -0.2) is 9.48 Å². The molecule has 170 valence electrons. The molecule has 0 bridgehead atoms. The summed E-state index contributed by atoms with van der Waals surface area (Å²) in [7, 11) is -2.34. The van der Waals surface area contributed by atoms with Gasteiger partial charge in [0.25, 0.3) is 5.56 Å². The fourth-order valence-corrected chi connectivity index (χ4v) is 4.25. The van der Waals surface area contributed by atoms with Gasteiger partial charge in [-0.1, -0.05) is 23.4 Å². The van der Waals surface area contributed by atoms with Crippen LogP contribution < -0.4 is 11.2 Å². The topological polar surface area (TPSA) is 151 Å². The average Bonchev–Trinajstić information content (AvgIpc) is 3.36. The van der Waals surface area contributed by atoms with E-state index in [0.717, 1.165) is 12.4 Å². The van der Waals surface area contributed by atoms with E-state index in [9.17, 15) is 19.0 Å². The number of aromatic amines is 1. The van der Waals surface area contributed by atoms with Crippen molar-refractivity contribution in [1.29, 1.82) is 0 Å². The molecule has 0 radical (unpaired) electrons. The number of nitrogens with zero attached hydrogens (tertiary/aromatic N) is 4. The van der Waals surface area contributed by atoms with E-state index in [1.165, 1.54) is 22.6 Å². The smallest absolute Gasteiger partial charge is 0.330 e. The SMILES string of the molecule is COCC1OC(n2cc(-c3cn(-c4ccccc4)nn3)c(=O)[nH]c2=O)CC1OP(C)(=O)O. The summed E-state index contributed by atoms with van der Waals surface area (Å²) in [6, 6.07) is 9.22. The molecule has 2 aromatic heterocycles. The van der Waals surface area contributed by atoms with Gasteiger partial charge in [0.05, 0.1) is 30.2 Å². The quantitative estimate of drug-likeness (QED) is 0.488. The van der Waals surface area contributed by atoms with Crippen LogP contribution in [0.1, 0.15) is 12.6 Å². The second kappa shape index (κ2) is 8.93. The second-order valence-electron chi connectivity index (χ2n) is 7.36. The maximum absolute atomic E-state index is 12.5. The molecule has 3 aromatic rings. The Morgan fingerprint density at radius 2 is 2.03 bits per heavy atom. The Morgan fingerprint density at radius 3 is 2.72 bits per heavy atom. The number of ether oxygens (including phenoxy) is 2. The second-order valence-corrected chi connectivity index (χ2v) is 9.18. The Balaban J connectivity index is 1.66. The lowest BCUT2D eigenvalue weighted by molar-refractivity contribution is -0.0518. The first-order valence-corrected chi connectivity index (χ1v) is 11.7. The van der Waals surface area contributed by atoms with Crippen LogP contribution in [0.4, 0.5) is 0 Å². The summed E-state index contributed by atoms with van der Waals surface area (Å²) in [6.45, 7) is 1.17. The number of benzene rings is 1. The highest BCUT2D eigenvalue weighted by atomic mass is 31.2. The van der Waals surface area contributed by atoms with E-state index in [1.807, 2.05) is 30.3 Å². The highest BCUT2D eigenvalue weighted by Crippen LogP contribution is 2.43. The van der Waals surface area contributed by atoms with E-state index < -0.39 is 37.3 Å². The number of aromatic nitrogens is 5. The normalized spacial score (nSPS) is 22.7. The lowest BCUT2D eigenvalue weighted by Crippen LogP contribution is -2.33. The number of nitrogens with one attached hydrogen (secondary N) is 1. The monoisotopic (exact) mass is 463 g/mol. The average molecular weight is 463 g/mol. The molecule has 12 nitrogen and oxygen atoms in total. The largest absolute Gasteiger partial charge is 0.382 e. The van der Waals surface area contributed by atoms with E-state index in [1.54, 1.807) is 6.20 Å². The molecule has 0 saturated carbocycles. The summed E-state index contributed by atoms with van der Waals surface area (Å²) < 4.78 is 30.6. The molecule has 0 aliphatic carbocycles. The zero-order valence-corrected chi connectivity index (χ0v) is 18.2. The van der Waals surface area contributed by atoms with Crippen LogP contribution in [0.5, 0.6) is 0 Å². The van der Waals surface area contributed by atoms with E-state index in [-0.39, 0.29) is 24.3 Å². The van der Waals surface area contributed by atoms with Crippen molar-refractivity contribution >= 4 is 7.60 Å². The molecule has 13 heteroatoms. The van der Waals surface area contributed by atoms with Gasteiger partial charge in [0.1, 0.15) is 18.0 Å². The van der Waals surface area contributed by atoms with Crippen molar-refractivity contribution in [3.63, 3.8) is 0 Å². The van der Waals surface area contributed by atoms with Gasteiger partial charge >= 0.3 is 13.3 Å². The summed E-state index contributed by atoms with van der Waals surface area (Å²) in [5.41, 5.74) is -0.188. The molecule has 0 amide bonds. The maximum atomic E-state index is 12.5. The fraction of sp³-hybridized carbons (Fsp3) is 0.368. The Hall–Kier alpha value is -2.89. The molecule has 4 unspecified atom stereocenters. The lowest BCUT2D eigenvalue weighted by atomic mass is 10.2. The summed E-state index contributed by atoms with van der Waals surface area (Å²) in [4.78, 5) is 36.8. The molecule has 1 aliphatic rings. The van der Waals surface area contributed by atoms with Crippen LogP contribution in [0, 0.1) is 0 Å². The van der Waals surface area contributed by atoms with Crippen molar-refractivity contribution in [2.75, 3.05) is 20.4 Å². The molecule has 32 heavy (non-hydrogen) atoms. The molecule has 1 fully saturated rings. The van der Waals surface area contributed by atoms with Crippen LogP contribution in [0.25, 0.3) is 16.9 Å². The molecular formula is C19H22N5O7P. The third-order valence-corrected chi connectivity index (χ3v) is 5.57. The van der Waals surface area contributed by atoms with Crippen molar-refractivity contribution in [2.24, 2.45) is 0 Å². The predicted octanol–water partition coefficient (Wildman–Crippen LogP) is 0.919. The highest BCUT2D eigenvalue weighted by Gasteiger charge is 2.40. The molecule has 1 aromatic carbocycles. The molecule has 3 heterocycles. The number of rotatable bonds is 7. The summed E-state index contributed by atoms with van der Waals surface area (Å²) in [5.74, 6) is 0. The molecule has 2 N–H and O–H groups in total. The van der Waals surface area contributed by atoms with Gasteiger partial charge in [-0.05, 0) is 12.1 Å². The molecule has 4 atom stereocenters. The van der Waals surface area contributed by atoms with Crippen LogP contribution in [0.2, 0.25) is 0 Å². The molecule has 1 saturated heterocycles. The first kappa shape index (κ1) is 22.3. The number of hydrogen-bond acceptors (Lipinski definition) is 8. The third-order valence-electron chi connectivity index (χ3n) is 4.91. The minimum Gasteiger partial charge on any atom is -0.382 e. The molecule has 4 rings (SSSR count). The van der Waals surface area contributed by atoms with Gasteiger partial charge in [0.15, 0.2) is 0 Å². The van der Waals surface area contributed by atoms with Gasteiger partial charge in [-0.2, -0.15) is 0 Å². The Kier molecular flexibility index (Phi) is 6.22. The van der Waals surface area contributed by atoms with Crippen molar-refractivity contribution in [2.45, 2.75) is 24.9 Å². The van der Waals surface area contributed by atoms with Gasteiger partial charge in [-0.3, -0.25) is 18.9 Å². The van der Waals surface area contributed by atoms with Gasteiger partial charge in [0.2, 0.25) is 0 Å². The molecular weight excluding hydrogens is 441 g/mol. The Labute approximate surface area is 181 Å². The number of hydrogen-bond donors (Lipinski definition) is 2. The van der Waals surface area contributed by atoms with E-state index in [2.05, 4.69) is 15.3 Å². The van der Waals surface area contributed by atoms with Crippen molar-refractivity contribution < 1.29 is 23.5 Å². The zero-order valence-electron chi connectivity index (χ0n) is 17.3. The van der Waals surface area contributed by atoms with Gasteiger partial charge in [0, 0.05) is 26.4 Å². The summed E-state index contributed by atoms with van der Waals surface area (Å²) in [6.07, 6.45) is 0.715. The van der Waals surface area contributed by atoms with Crippen molar-refractivity contribution in [1.82, 2.24) is 24.5 Å². The van der Waals surface area contributed by atoms with Crippen LogP contribution in [0.3, 0.4) is 0 Å². The van der Waals surface area contributed by atoms with Crippen molar-refractivity contribution in [3.8, 4) is 16.9 Å². The minimum absolute atomic E-state index is 0.0948. The highest BCUT2D eigenvalue weighted by molar-refractivity contribution is 7.51. The molecule has 1 aliphatic heterocycles. The van der Waals surface area contributed by atoms with Crippen LogP contribution in [0.15, 0.2) is 52.3 Å².